The summed E-state index contributed by atoms with van der Waals surface area (Å²) in [6.45, 7) is 4.18. The normalized spacial score (nSPS) is 19.5. The number of carbonyl (C=O) groups excluding carboxylic acids is 1. The maximum Gasteiger partial charge on any atom is 0.244 e. The molecule has 2 unspecified atom stereocenters. The summed E-state index contributed by atoms with van der Waals surface area (Å²) < 4.78 is 30.9. The number of morpholine rings is 1. The molecule has 0 aromatic heterocycles. The number of hydrogen-bond acceptors (Lipinski definition) is 5. The Bertz CT molecular complexity index is 964. The Hall–Kier alpha value is -2.61. The molecule has 31 heavy (non-hydrogen) atoms. The minimum Gasteiger partial charge on any atom is -0.454 e. The van der Waals surface area contributed by atoms with Crippen LogP contribution < -0.4 is 14.8 Å². The number of rotatable bonds is 6. The van der Waals surface area contributed by atoms with Gasteiger partial charge in [-0.15, -0.1) is 0 Å². The lowest BCUT2D eigenvalue weighted by Gasteiger charge is -2.38. The highest BCUT2D eigenvalue weighted by Crippen LogP contribution is 2.33. The summed E-state index contributed by atoms with van der Waals surface area (Å²) in [6.07, 6.45) is 3.15. The summed E-state index contributed by atoms with van der Waals surface area (Å²) in [7, 11) is 0. The maximum absolute atomic E-state index is 14.7. The van der Waals surface area contributed by atoms with Crippen molar-refractivity contribution in [3.8, 4) is 11.5 Å². The third-order valence-corrected chi connectivity index (χ3v) is 5.67. The highest BCUT2D eigenvalue weighted by atomic mass is 35.5. The SMILES string of the molecule is CC1CN(C(CNC(=O)/C=C/c2ccc3c(c2)OCO3)c2c(F)cccc2Cl)CCO1. The number of hydrogen-bond donors (Lipinski definition) is 1. The molecule has 0 spiro atoms. The van der Waals surface area contributed by atoms with E-state index in [1.54, 1.807) is 24.3 Å². The van der Waals surface area contributed by atoms with E-state index in [1.165, 1.54) is 12.1 Å². The molecular formula is C23H24ClFN2O4. The van der Waals surface area contributed by atoms with Crippen LogP contribution in [0.2, 0.25) is 5.02 Å². The van der Waals surface area contributed by atoms with Gasteiger partial charge in [0.15, 0.2) is 11.5 Å². The molecule has 0 saturated carbocycles. The highest BCUT2D eigenvalue weighted by Gasteiger charge is 2.29. The first-order valence-electron chi connectivity index (χ1n) is 10.2. The lowest BCUT2D eigenvalue weighted by Crippen LogP contribution is -2.46. The molecule has 0 radical (unpaired) electrons. The molecule has 6 nitrogen and oxygen atoms in total. The van der Waals surface area contributed by atoms with Crippen molar-refractivity contribution in [2.24, 2.45) is 0 Å². The second-order valence-electron chi connectivity index (χ2n) is 7.52. The van der Waals surface area contributed by atoms with E-state index in [0.717, 1.165) is 5.56 Å². The van der Waals surface area contributed by atoms with Gasteiger partial charge in [-0.3, -0.25) is 9.69 Å². The molecule has 1 fully saturated rings. The smallest absolute Gasteiger partial charge is 0.244 e. The molecule has 2 aromatic rings. The van der Waals surface area contributed by atoms with E-state index in [0.29, 0.717) is 41.8 Å². The standard InChI is InChI=1S/C23H24ClFN2O4/c1-15-13-27(9-10-29-15)19(23-17(24)3-2-4-18(23)25)12-26-22(28)8-6-16-5-7-20-21(11-16)31-14-30-20/h2-8,11,15,19H,9-10,12-14H2,1H3,(H,26,28)/b8-6+. The molecule has 2 aliphatic rings. The lowest BCUT2D eigenvalue weighted by molar-refractivity contribution is -0.116. The van der Waals surface area contributed by atoms with Gasteiger partial charge < -0.3 is 19.5 Å². The Morgan fingerprint density at radius 2 is 2.16 bits per heavy atom. The van der Waals surface area contributed by atoms with Crippen LogP contribution in [-0.2, 0) is 9.53 Å². The average Bonchev–Trinajstić information content (AvgIpc) is 3.22. The van der Waals surface area contributed by atoms with Gasteiger partial charge in [0.2, 0.25) is 12.7 Å². The zero-order valence-electron chi connectivity index (χ0n) is 17.1. The molecule has 2 atom stereocenters. The Balaban J connectivity index is 1.46. The molecule has 1 amide bonds. The van der Waals surface area contributed by atoms with Crippen LogP contribution in [0.25, 0.3) is 6.08 Å². The topological polar surface area (TPSA) is 60.0 Å². The van der Waals surface area contributed by atoms with E-state index in [2.05, 4.69) is 10.2 Å². The second-order valence-corrected chi connectivity index (χ2v) is 7.93. The minimum absolute atomic E-state index is 0.0170. The van der Waals surface area contributed by atoms with Crippen LogP contribution in [0.3, 0.4) is 0 Å². The maximum atomic E-state index is 14.7. The molecule has 8 heteroatoms. The van der Waals surface area contributed by atoms with Crippen molar-refractivity contribution in [2.75, 3.05) is 33.0 Å². The quantitative estimate of drug-likeness (QED) is 0.684. The largest absolute Gasteiger partial charge is 0.454 e. The second kappa shape index (κ2) is 9.68. The van der Waals surface area contributed by atoms with E-state index >= 15 is 0 Å². The van der Waals surface area contributed by atoms with Crippen LogP contribution in [0, 0.1) is 5.82 Å². The first-order valence-corrected chi connectivity index (χ1v) is 10.5. The van der Waals surface area contributed by atoms with Crippen molar-refractivity contribution in [3.05, 3.63) is 64.4 Å². The monoisotopic (exact) mass is 446 g/mol. The summed E-state index contributed by atoms with van der Waals surface area (Å²) in [5.74, 6) is 0.669. The van der Waals surface area contributed by atoms with Crippen molar-refractivity contribution in [2.45, 2.75) is 19.1 Å². The lowest BCUT2D eigenvalue weighted by atomic mass is 10.0. The summed E-state index contributed by atoms with van der Waals surface area (Å²) in [6, 6.07) is 9.68. The first-order chi connectivity index (χ1) is 15.0. The number of ether oxygens (including phenoxy) is 3. The predicted octanol–water partition coefficient (Wildman–Crippen LogP) is 3.80. The van der Waals surface area contributed by atoms with Crippen LogP contribution in [0.15, 0.2) is 42.5 Å². The van der Waals surface area contributed by atoms with Crippen LogP contribution in [0.5, 0.6) is 11.5 Å². The van der Waals surface area contributed by atoms with Crippen molar-refractivity contribution < 1.29 is 23.4 Å². The van der Waals surface area contributed by atoms with Crippen molar-refractivity contribution in [1.29, 1.82) is 0 Å². The molecule has 164 valence electrons. The third kappa shape index (κ3) is 5.18. The fourth-order valence-corrected chi connectivity index (χ4v) is 4.11. The van der Waals surface area contributed by atoms with Crippen LogP contribution in [-0.4, -0.2) is 49.9 Å². The Kier molecular flexibility index (Phi) is 6.75. The Labute approximate surface area is 185 Å². The predicted molar refractivity (Wildman–Crippen MR) is 116 cm³/mol. The number of halogens is 2. The number of benzene rings is 2. The van der Waals surface area contributed by atoms with Gasteiger partial charge in [0.05, 0.1) is 18.8 Å². The fourth-order valence-electron chi connectivity index (χ4n) is 3.82. The van der Waals surface area contributed by atoms with E-state index in [9.17, 15) is 9.18 Å². The number of amides is 1. The van der Waals surface area contributed by atoms with Crippen molar-refractivity contribution in [3.63, 3.8) is 0 Å². The number of fused-ring (bicyclic) bond motifs is 1. The first kappa shape index (κ1) is 21.6. The van der Waals surface area contributed by atoms with Crippen LogP contribution in [0.1, 0.15) is 24.1 Å². The van der Waals surface area contributed by atoms with Gasteiger partial charge in [-0.1, -0.05) is 23.7 Å². The van der Waals surface area contributed by atoms with Gasteiger partial charge in [-0.2, -0.15) is 0 Å². The number of nitrogens with one attached hydrogen (secondary N) is 1. The molecule has 2 aromatic carbocycles. The fraction of sp³-hybridized carbons (Fsp3) is 0.348. The summed E-state index contributed by atoms with van der Waals surface area (Å²) in [4.78, 5) is 14.6. The van der Waals surface area contributed by atoms with Crippen LogP contribution >= 0.6 is 11.6 Å². The molecule has 4 rings (SSSR count). The van der Waals surface area contributed by atoms with E-state index in [1.807, 2.05) is 19.1 Å². The molecular weight excluding hydrogens is 423 g/mol. The number of carbonyl (C=O) groups is 1. The summed E-state index contributed by atoms with van der Waals surface area (Å²) >= 11 is 6.34. The van der Waals surface area contributed by atoms with E-state index in [-0.39, 0.29) is 31.2 Å². The molecule has 0 aliphatic carbocycles. The van der Waals surface area contributed by atoms with E-state index in [4.69, 9.17) is 25.8 Å². The zero-order valence-corrected chi connectivity index (χ0v) is 17.9. The molecule has 2 aliphatic heterocycles. The van der Waals surface area contributed by atoms with Crippen molar-refractivity contribution in [1.82, 2.24) is 10.2 Å². The third-order valence-electron chi connectivity index (χ3n) is 5.34. The van der Waals surface area contributed by atoms with Gasteiger partial charge in [0.25, 0.3) is 0 Å². The molecule has 0 bridgehead atoms. The van der Waals surface area contributed by atoms with Crippen molar-refractivity contribution >= 4 is 23.6 Å². The molecule has 2 heterocycles. The Morgan fingerprint density at radius 3 is 2.97 bits per heavy atom. The van der Waals surface area contributed by atoms with Gasteiger partial charge in [0.1, 0.15) is 5.82 Å². The van der Waals surface area contributed by atoms with Crippen LogP contribution in [0.4, 0.5) is 4.39 Å². The average molecular weight is 447 g/mol. The summed E-state index contributed by atoms with van der Waals surface area (Å²) in [5, 5.41) is 3.22. The summed E-state index contributed by atoms with van der Waals surface area (Å²) in [5.41, 5.74) is 1.20. The molecule has 1 N–H and O–H groups in total. The molecule has 1 saturated heterocycles. The van der Waals surface area contributed by atoms with Gasteiger partial charge in [-0.05, 0) is 42.8 Å². The zero-order chi connectivity index (χ0) is 21.8. The van der Waals surface area contributed by atoms with Gasteiger partial charge in [0, 0.05) is 36.3 Å². The highest BCUT2D eigenvalue weighted by molar-refractivity contribution is 6.31. The van der Waals surface area contributed by atoms with Gasteiger partial charge in [-0.25, -0.2) is 4.39 Å². The van der Waals surface area contributed by atoms with Gasteiger partial charge >= 0.3 is 0 Å². The Morgan fingerprint density at radius 1 is 1.32 bits per heavy atom. The number of nitrogens with zero attached hydrogens (tertiary/aromatic N) is 1. The minimum atomic E-state index is -0.400. The van der Waals surface area contributed by atoms with E-state index < -0.39 is 6.04 Å².